The Morgan fingerprint density at radius 1 is 0.964 bits per heavy atom. The van der Waals surface area contributed by atoms with Crippen LogP contribution in [0, 0.1) is 10.8 Å². The van der Waals surface area contributed by atoms with Crippen molar-refractivity contribution in [2.24, 2.45) is 10.8 Å². The number of ether oxygens (including phenoxy) is 5. The van der Waals surface area contributed by atoms with Crippen molar-refractivity contribution in [1.82, 2.24) is 0 Å². The van der Waals surface area contributed by atoms with Crippen molar-refractivity contribution in [3.8, 4) is 0 Å². The smallest absolute Gasteiger partial charge is 0.323 e. The molecule has 4 aliphatic rings. The Morgan fingerprint density at radius 3 is 1.96 bits per heavy atom. The molecular formula is C20H30O8. The highest BCUT2D eigenvalue weighted by Crippen LogP contribution is 2.50. The summed E-state index contributed by atoms with van der Waals surface area (Å²) in [5.41, 5.74) is -0.965. The zero-order chi connectivity index (χ0) is 20.3. The van der Waals surface area contributed by atoms with Crippen LogP contribution < -0.4 is 0 Å². The van der Waals surface area contributed by atoms with Gasteiger partial charge in [-0.05, 0) is 26.7 Å². The molecule has 0 atom stereocenters. The van der Waals surface area contributed by atoms with Crippen molar-refractivity contribution in [3.63, 3.8) is 0 Å². The maximum absolute atomic E-state index is 12.2. The normalized spacial score (nSPS) is 25.9. The lowest BCUT2D eigenvalue weighted by atomic mass is 9.84. The Hall–Kier alpha value is -1.51. The number of esters is 2. The van der Waals surface area contributed by atoms with Crippen molar-refractivity contribution in [3.05, 3.63) is 0 Å². The second kappa shape index (κ2) is 8.47. The molecule has 2 spiro atoms. The van der Waals surface area contributed by atoms with Crippen molar-refractivity contribution in [2.45, 2.75) is 58.2 Å². The minimum Gasteiger partial charge on any atom is -0.465 e. The second-order valence-corrected chi connectivity index (χ2v) is 8.02. The zero-order valence-electron chi connectivity index (χ0n) is 16.8. The first-order chi connectivity index (χ1) is 13.4. The van der Waals surface area contributed by atoms with Crippen LogP contribution in [0.4, 0.5) is 0 Å². The molecule has 0 aromatic rings. The number of carbonyl (C=O) groups is 3. The summed E-state index contributed by atoms with van der Waals surface area (Å²) in [6, 6.07) is 0. The molecule has 0 radical (unpaired) electrons. The maximum atomic E-state index is 12.2. The van der Waals surface area contributed by atoms with Crippen LogP contribution in [0.5, 0.6) is 0 Å². The van der Waals surface area contributed by atoms with Crippen molar-refractivity contribution in [2.75, 3.05) is 39.6 Å². The number of carbonyl (C=O) groups excluding carboxylic acids is 3. The Balaban J connectivity index is 0.000000206. The molecule has 0 aromatic heterocycles. The first-order valence-electron chi connectivity index (χ1n) is 10.1. The van der Waals surface area contributed by atoms with Crippen LogP contribution in [0.3, 0.4) is 0 Å². The van der Waals surface area contributed by atoms with Gasteiger partial charge in [0, 0.05) is 31.1 Å². The molecule has 0 bridgehead atoms. The molecule has 0 amide bonds. The third kappa shape index (κ3) is 4.09. The summed E-state index contributed by atoms with van der Waals surface area (Å²) in [7, 11) is 0. The van der Waals surface area contributed by atoms with Gasteiger partial charge in [0.05, 0.1) is 39.6 Å². The van der Waals surface area contributed by atoms with Crippen LogP contribution in [0.2, 0.25) is 0 Å². The standard InChI is InChI=1S/C13H20O6.C7H10O2/c1-3-16-10(14)12(11(15)17-4-2)5-6-13(9-12)18-7-8-19-13;8-6-1-2-7(3-6)4-9-5-7/h3-9H2,1-2H3;1-5H2. The predicted octanol–water partition coefficient (Wildman–Crippen LogP) is 1.78. The van der Waals surface area contributed by atoms with Gasteiger partial charge < -0.3 is 23.7 Å². The van der Waals surface area contributed by atoms with E-state index in [0.29, 0.717) is 37.3 Å². The number of ketones is 1. The van der Waals surface area contributed by atoms with E-state index in [1.807, 2.05) is 0 Å². The van der Waals surface area contributed by atoms with E-state index in [1.165, 1.54) is 0 Å². The average molecular weight is 398 g/mol. The molecule has 0 unspecified atom stereocenters. The fourth-order valence-electron chi connectivity index (χ4n) is 4.39. The monoisotopic (exact) mass is 398 g/mol. The van der Waals surface area contributed by atoms with Crippen molar-refractivity contribution >= 4 is 17.7 Å². The summed E-state index contributed by atoms with van der Waals surface area (Å²) < 4.78 is 26.3. The quantitative estimate of drug-likeness (QED) is 0.522. The summed E-state index contributed by atoms with van der Waals surface area (Å²) in [4.78, 5) is 35.2. The second-order valence-electron chi connectivity index (χ2n) is 8.02. The van der Waals surface area contributed by atoms with Gasteiger partial charge in [0.2, 0.25) is 0 Å². The Kier molecular flexibility index (Phi) is 6.41. The van der Waals surface area contributed by atoms with E-state index in [-0.39, 0.29) is 19.6 Å². The van der Waals surface area contributed by atoms with Gasteiger partial charge in [0.15, 0.2) is 11.2 Å². The molecule has 4 rings (SSSR count). The van der Waals surface area contributed by atoms with Gasteiger partial charge in [-0.3, -0.25) is 14.4 Å². The third-order valence-corrected chi connectivity index (χ3v) is 5.97. The minimum atomic E-state index is -1.28. The SMILES string of the molecule is CCOC(=O)C1(C(=O)OCC)CCC2(C1)OCCO2.O=C1CCC2(COC2)C1. The lowest BCUT2D eigenvalue weighted by Gasteiger charge is -2.36. The molecule has 0 aromatic carbocycles. The highest BCUT2D eigenvalue weighted by Gasteiger charge is 2.61. The molecule has 2 aliphatic carbocycles. The summed E-state index contributed by atoms with van der Waals surface area (Å²) in [5.74, 6) is -1.47. The molecule has 2 heterocycles. The summed E-state index contributed by atoms with van der Waals surface area (Å²) in [6.45, 7) is 6.53. The topological polar surface area (TPSA) is 97.4 Å². The molecule has 2 saturated heterocycles. The van der Waals surface area contributed by atoms with Crippen LogP contribution in [-0.4, -0.2) is 63.2 Å². The summed E-state index contributed by atoms with van der Waals surface area (Å²) >= 11 is 0. The minimum absolute atomic E-state index is 0.178. The van der Waals surface area contributed by atoms with E-state index >= 15 is 0 Å². The van der Waals surface area contributed by atoms with Gasteiger partial charge in [0.1, 0.15) is 5.78 Å². The molecule has 2 aliphatic heterocycles. The van der Waals surface area contributed by atoms with E-state index in [1.54, 1.807) is 13.8 Å². The highest BCUT2D eigenvalue weighted by atomic mass is 16.7. The van der Waals surface area contributed by atoms with Crippen molar-refractivity contribution in [1.29, 1.82) is 0 Å². The van der Waals surface area contributed by atoms with E-state index in [4.69, 9.17) is 23.7 Å². The third-order valence-electron chi connectivity index (χ3n) is 5.97. The number of hydrogen-bond donors (Lipinski definition) is 0. The molecule has 158 valence electrons. The van der Waals surface area contributed by atoms with E-state index in [0.717, 1.165) is 32.5 Å². The lowest BCUT2D eigenvalue weighted by molar-refractivity contribution is -0.183. The van der Waals surface area contributed by atoms with Gasteiger partial charge in [-0.2, -0.15) is 0 Å². The first kappa shape index (κ1) is 21.2. The van der Waals surface area contributed by atoms with Crippen LogP contribution in [0.25, 0.3) is 0 Å². The number of Topliss-reactive ketones (excluding diaryl/α,β-unsaturated/α-hetero) is 1. The Bertz CT molecular complexity index is 585. The van der Waals surface area contributed by atoms with Crippen LogP contribution in [-0.2, 0) is 38.1 Å². The number of hydrogen-bond acceptors (Lipinski definition) is 8. The van der Waals surface area contributed by atoms with Gasteiger partial charge in [-0.1, -0.05) is 0 Å². The van der Waals surface area contributed by atoms with Crippen LogP contribution in [0.15, 0.2) is 0 Å². The predicted molar refractivity (Wildman–Crippen MR) is 96.3 cm³/mol. The molecule has 0 N–H and O–H groups in total. The van der Waals surface area contributed by atoms with E-state index < -0.39 is 23.1 Å². The fourth-order valence-corrected chi connectivity index (χ4v) is 4.39. The lowest BCUT2D eigenvalue weighted by Crippen LogP contribution is -2.42. The van der Waals surface area contributed by atoms with Gasteiger partial charge in [-0.25, -0.2) is 0 Å². The molecule has 4 fully saturated rings. The van der Waals surface area contributed by atoms with Gasteiger partial charge in [-0.15, -0.1) is 0 Å². The molecular weight excluding hydrogens is 368 g/mol. The molecule has 2 saturated carbocycles. The summed E-state index contributed by atoms with van der Waals surface area (Å²) in [6.07, 6.45) is 3.68. The van der Waals surface area contributed by atoms with Gasteiger partial charge in [0.25, 0.3) is 0 Å². The van der Waals surface area contributed by atoms with Gasteiger partial charge >= 0.3 is 11.9 Å². The zero-order valence-corrected chi connectivity index (χ0v) is 16.8. The van der Waals surface area contributed by atoms with Crippen LogP contribution in [0.1, 0.15) is 52.4 Å². The molecule has 8 nitrogen and oxygen atoms in total. The van der Waals surface area contributed by atoms with Crippen molar-refractivity contribution < 1.29 is 38.1 Å². The average Bonchev–Trinajstić information content (AvgIpc) is 3.36. The number of rotatable bonds is 4. The Morgan fingerprint density at radius 2 is 1.57 bits per heavy atom. The Labute approximate surface area is 165 Å². The summed E-state index contributed by atoms with van der Waals surface area (Å²) in [5, 5.41) is 0. The first-order valence-corrected chi connectivity index (χ1v) is 10.1. The fraction of sp³-hybridized carbons (Fsp3) is 0.850. The highest BCUT2D eigenvalue weighted by molar-refractivity contribution is 6.00. The van der Waals surface area contributed by atoms with E-state index in [2.05, 4.69) is 0 Å². The maximum Gasteiger partial charge on any atom is 0.323 e. The molecule has 8 heteroatoms. The largest absolute Gasteiger partial charge is 0.465 e. The molecule has 28 heavy (non-hydrogen) atoms. The van der Waals surface area contributed by atoms with Crippen LogP contribution >= 0.6 is 0 Å². The van der Waals surface area contributed by atoms with E-state index in [9.17, 15) is 14.4 Å².